The van der Waals surface area contributed by atoms with Crippen LogP contribution in [0, 0.1) is 13.8 Å². The van der Waals surface area contributed by atoms with Crippen molar-refractivity contribution in [2.45, 2.75) is 109 Å². The lowest BCUT2D eigenvalue weighted by atomic mass is 9.77. The zero-order valence-electron chi connectivity index (χ0n) is 26.4. The summed E-state index contributed by atoms with van der Waals surface area (Å²) in [5, 5.41) is 23.5. The SMILES string of the molecule is CCCCN1C(=O)[C@@H](CC2(O)CCCCC2)NC(=O)C12CCN(Cc1ccc(Oc3c(C)cc(C(=O)O)cc3C)cc1)CC2. The second kappa shape index (κ2) is 13.3. The molecule has 9 heteroatoms. The fourth-order valence-corrected chi connectivity index (χ4v) is 7.30. The number of carbonyl (C=O) groups excluding carboxylic acids is 2. The number of carboxylic acids is 1. The standard InChI is InChI=1S/C35H47N3O6/c1-4-5-17-38-31(39)29(22-34(43)13-7-6-8-14-34)36-33(42)35(38)15-18-37(19-16-35)23-26-9-11-28(12-10-26)44-30-24(2)20-27(32(40)41)21-25(30)3/h9-12,20-21,29,43H,4-8,13-19,22-23H2,1-3H3,(H,36,42)(H,40,41)/t29-/m1/s1. The van der Waals surface area contributed by atoms with E-state index in [0.29, 0.717) is 63.2 Å². The Kier molecular flexibility index (Phi) is 9.65. The minimum atomic E-state index is -0.960. The van der Waals surface area contributed by atoms with Crippen LogP contribution in [0.4, 0.5) is 0 Å². The topological polar surface area (TPSA) is 119 Å². The van der Waals surface area contributed by atoms with Gasteiger partial charge in [0.25, 0.3) is 0 Å². The van der Waals surface area contributed by atoms with E-state index < -0.39 is 23.2 Å². The van der Waals surface area contributed by atoms with Crippen molar-refractivity contribution in [2.24, 2.45) is 0 Å². The Bertz CT molecular complexity index is 1340. The number of ether oxygens (including phenoxy) is 1. The number of carboxylic acid groups (broad SMARTS) is 1. The fourth-order valence-electron chi connectivity index (χ4n) is 7.30. The van der Waals surface area contributed by atoms with Crippen molar-refractivity contribution in [2.75, 3.05) is 19.6 Å². The number of piperidine rings is 1. The van der Waals surface area contributed by atoms with Gasteiger partial charge >= 0.3 is 5.97 Å². The number of piperazine rings is 1. The number of nitrogens with one attached hydrogen (secondary N) is 1. The Morgan fingerprint density at radius 2 is 1.64 bits per heavy atom. The number of hydrogen-bond acceptors (Lipinski definition) is 6. The number of rotatable bonds is 10. The number of hydrogen-bond donors (Lipinski definition) is 3. The molecule has 2 aromatic carbocycles. The van der Waals surface area contributed by atoms with Gasteiger partial charge in [-0.15, -0.1) is 0 Å². The highest BCUT2D eigenvalue weighted by Crippen LogP contribution is 2.38. The summed E-state index contributed by atoms with van der Waals surface area (Å²) in [5.41, 5.74) is 1.19. The summed E-state index contributed by atoms with van der Waals surface area (Å²) in [6.45, 7) is 8.47. The monoisotopic (exact) mass is 605 g/mol. The molecule has 0 radical (unpaired) electrons. The Labute approximate surface area is 260 Å². The third-order valence-corrected chi connectivity index (χ3v) is 9.85. The van der Waals surface area contributed by atoms with Crippen molar-refractivity contribution in [3.8, 4) is 11.5 Å². The second-order valence-electron chi connectivity index (χ2n) is 13.2. The highest BCUT2D eigenvalue weighted by atomic mass is 16.5. The van der Waals surface area contributed by atoms with E-state index in [1.165, 1.54) is 0 Å². The predicted molar refractivity (Wildman–Crippen MR) is 168 cm³/mol. The summed E-state index contributed by atoms with van der Waals surface area (Å²) in [6, 6.07) is 10.5. The van der Waals surface area contributed by atoms with Crippen molar-refractivity contribution < 1.29 is 29.3 Å². The third kappa shape index (κ3) is 6.79. The predicted octanol–water partition coefficient (Wildman–Crippen LogP) is 5.34. The van der Waals surface area contributed by atoms with E-state index in [0.717, 1.165) is 55.3 Å². The molecule has 3 N–H and O–H groups in total. The maximum atomic E-state index is 13.8. The minimum absolute atomic E-state index is 0.0378. The van der Waals surface area contributed by atoms with Crippen LogP contribution in [0.1, 0.15) is 98.2 Å². The van der Waals surface area contributed by atoms with Crippen LogP contribution < -0.4 is 10.1 Å². The second-order valence-corrected chi connectivity index (χ2v) is 13.2. The summed E-state index contributed by atoms with van der Waals surface area (Å²) in [5.74, 6) is 0.271. The van der Waals surface area contributed by atoms with Crippen LogP contribution in [0.25, 0.3) is 0 Å². The average Bonchev–Trinajstić information content (AvgIpc) is 2.99. The van der Waals surface area contributed by atoms with Crippen LogP contribution in [-0.4, -0.2) is 74.6 Å². The quantitative estimate of drug-likeness (QED) is 0.334. The number of aromatic carboxylic acids is 1. The largest absolute Gasteiger partial charge is 0.478 e. The summed E-state index contributed by atoms with van der Waals surface area (Å²) >= 11 is 0. The number of aliphatic hydroxyl groups is 1. The van der Waals surface area contributed by atoms with Crippen LogP contribution in [0.2, 0.25) is 0 Å². The Morgan fingerprint density at radius 3 is 2.23 bits per heavy atom. The zero-order chi connectivity index (χ0) is 31.5. The molecule has 5 rings (SSSR count). The number of nitrogens with zero attached hydrogens (tertiary/aromatic N) is 2. The smallest absolute Gasteiger partial charge is 0.335 e. The molecule has 2 aliphatic heterocycles. The van der Waals surface area contributed by atoms with Gasteiger partial charge in [-0.05, 0) is 86.9 Å². The third-order valence-electron chi connectivity index (χ3n) is 9.85. The molecular weight excluding hydrogens is 558 g/mol. The van der Waals surface area contributed by atoms with E-state index in [1.807, 2.05) is 43.0 Å². The van der Waals surface area contributed by atoms with E-state index >= 15 is 0 Å². The Morgan fingerprint density at radius 1 is 1.00 bits per heavy atom. The van der Waals surface area contributed by atoms with E-state index in [9.17, 15) is 24.6 Å². The number of unbranched alkanes of at least 4 members (excludes halogenated alkanes) is 1. The first-order valence-corrected chi connectivity index (χ1v) is 16.2. The van der Waals surface area contributed by atoms with Gasteiger partial charge in [0.1, 0.15) is 23.1 Å². The first kappa shape index (κ1) is 32.0. The normalized spacial score (nSPS) is 21.7. The van der Waals surface area contributed by atoms with Crippen molar-refractivity contribution in [3.63, 3.8) is 0 Å². The molecule has 3 fully saturated rings. The van der Waals surface area contributed by atoms with Gasteiger partial charge in [-0.3, -0.25) is 14.5 Å². The average molecular weight is 606 g/mol. The molecule has 2 saturated heterocycles. The lowest BCUT2D eigenvalue weighted by Gasteiger charge is -2.52. The molecule has 2 amide bonds. The van der Waals surface area contributed by atoms with Crippen LogP contribution in [0.15, 0.2) is 36.4 Å². The maximum absolute atomic E-state index is 13.8. The molecule has 238 valence electrons. The van der Waals surface area contributed by atoms with Crippen LogP contribution in [-0.2, 0) is 16.1 Å². The van der Waals surface area contributed by atoms with Gasteiger partial charge in [-0.25, -0.2) is 4.79 Å². The molecule has 9 nitrogen and oxygen atoms in total. The van der Waals surface area contributed by atoms with E-state index in [2.05, 4.69) is 17.1 Å². The van der Waals surface area contributed by atoms with Crippen LogP contribution >= 0.6 is 0 Å². The van der Waals surface area contributed by atoms with Crippen molar-refractivity contribution in [1.82, 2.24) is 15.1 Å². The zero-order valence-corrected chi connectivity index (χ0v) is 26.4. The molecule has 1 saturated carbocycles. The lowest BCUT2D eigenvalue weighted by Crippen LogP contribution is -2.73. The molecule has 0 bridgehead atoms. The molecule has 2 aromatic rings. The van der Waals surface area contributed by atoms with Gasteiger partial charge < -0.3 is 25.2 Å². The van der Waals surface area contributed by atoms with E-state index in [4.69, 9.17) is 4.74 Å². The molecule has 1 spiro atoms. The van der Waals surface area contributed by atoms with Crippen molar-refractivity contribution >= 4 is 17.8 Å². The number of aryl methyl sites for hydroxylation is 2. The van der Waals surface area contributed by atoms with Gasteiger partial charge in [0.2, 0.25) is 11.8 Å². The fraction of sp³-hybridized carbons (Fsp3) is 0.571. The highest BCUT2D eigenvalue weighted by molar-refractivity contribution is 6.00. The summed E-state index contributed by atoms with van der Waals surface area (Å²) in [4.78, 5) is 43.1. The molecule has 1 aliphatic carbocycles. The van der Waals surface area contributed by atoms with Crippen LogP contribution in [0.3, 0.4) is 0 Å². The van der Waals surface area contributed by atoms with E-state index in [-0.39, 0.29) is 17.4 Å². The van der Waals surface area contributed by atoms with Crippen molar-refractivity contribution in [1.29, 1.82) is 0 Å². The summed E-state index contributed by atoms with van der Waals surface area (Å²) in [7, 11) is 0. The summed E-state index contributed by atoms with van der Waals surface area (Å²) < 4.78 is 6.12. The lowest BCUT2D eigenvalue weighted by molar-refractivity contribution is -0.163. The number of carbonyl (C=O) groups is 3. The molecular formula is C35H47N3O6. The summed E-state index contributed by atoms with van der Waals surface area (Å²) in [6.07, 6.45) is 7.65. The molecule has 0 aromatic heterocycles. The maximum Gasteiger partial charge on any atom is 0.335 e. The Hall–Kier alpha value is -3.43. The van der Waals surface area contributed by atoms with Gasteiger partial charge in [0, 0.05) is 32.6 Å². The number of likely N-dealkylation sites (tertiary alicyclic amines) is 1. The van der Waals surface area contributed by atoms with Gasteiger partial charge in [0.15, 0.2) is 0 Å². The number of benzene rings is 2. The van der Waals surface area contributed by atoms with Crippen molar-refractivity contribution in [3.05, 3.63) is 58.7 Å². The Balaban J connectivity index is 1.21. The van der Waals surface area contributed by atoms with Gasteiger partial charge in [0.05, 0.1) is 11.2 Å². The first-order valence-electron chi connectivity index (χ1n) is 16.2. The molecule has 3 aliphatic rings. The highest BCUT2D eigenvalue weighted by Gasteiger charge is 2.54. The molecule has 2 heterocycles. The van der Waals surface area contributed by atoms with Crippen LogP contribution in [0.5, 0.6) is 11.5 Å². The molecule has 0 unspecified atom stereocenters. The van der Waals surface area contributed by atoms with E-state index in [1.54, 1.807) is 12.1 Å². The van der Waals surface area contributed by atoms with Gasteiger partial charge in [-0.1, -0.05) is 44.7 Å². The molecule has 1 atom stereocenters. The number of amides is 2. The first-order chi connectivity index (χ1) is 21.0. The molecule has 44 heavy (non-hydrogen) atoms. The minimum Gasteiger partial charge on any atom is -0.478 e. The van der Waals surface area contributed by atoms with Gasteiger partial charge in [-0.2, -0.15) is 0 Å².